The SMILES string of the molecule is CNC(=O)C[C@@H](C)N(C)C/C(C)=C/c1ccccc1. The molecule has 0 bridgehead atoms. The first kappa shape index (κ1) is 15.4. The molecule has 3 nitrogen and oxygen atoms in total. The third-order valence-electron chi connectivity index (χ3n) is 3.22. The van der Waals surface area contributed by atoms with Crippen molar-refractivity contribution in [1.29, 1.82) is 0 Å². The Balaban J connectivity index is 2.54. The maximum absolute atomic E-state index is 11.4. The number of carbonyl (C=O) groups excluding carboxylic acids is 1. The van der Waals surface area contributed by atoms with Crippen LogP contribution >= 0.6 is 0 Å². The zero-order valence-corrected chi connectivity index (χ0v) is 12.3. The van der Waals surface area contributed by atoms with Crippen LogP contribution in [0.4, 0.5) is 0 Å². The van der Waals surface area contributed by atoms with Gasteiger partial charge in [0.1, 0.15) is 0 Å². The summed E-state index contributed by atoms with van der Waals surface area (Å²) >= 11 is 0. The second-order valence-corrected chi connectivity index (χ2v) is 5.04. The Morgan fingerprint density at radius 2 is 2.00 bits per heavy atom. The van der Waals surface area contributed by atoms with Crippen molar-refractivity contribution in [2.45, 2.75) is 26.3 Å². The quantitative estimate of drug-likeness (QED) is 0.852. The molecule has 0 fully saturated rings. The molecule has 0 radical (unpaired) electrons. The highest BCUT2D eigenvalue weighted by Crippen LogP contribution is 2.09. The molecule has 0 aliphatic rings. The van der Waals surface area contributed by atoms with Crippen molar-refractivity contribution >= 4 is 12.0 Å². The van der Waals surface area contributed by atoms with E-state index < -0.39 is 0 Å². The lowest BCUT2D eigenvalue weighted by atomic mass is 10.1. The van der Waals surface area contributed by atoms with Gasteiger partial charge in [-0.3, -0.25) is 9.69 Å². The Labute approximate surface area is 116 Å². The maximum atomic E-state index is 11.4. The van der Waals surface area contributed by atoms with Gasteiger partial charge in [0.25, 0.3) is 0 Å². The molecule has 1 aromatic carbocycles. The number of carbonyl (C=O) groups is 1. The van der Waals surface area contributed by atoms with Crippen molar-refractivity contribution < 1.29 is 4.79 Å². The first-order valence-electron chi connectivity index (χ1n) is 6.66. The fraction of sp³-hybridized carbons (Fsp3) is 0.438. The van der Waals surface area contributed by atoms with Crippen molar-refractivity contribution in [3.63, 3.8) is 0 Å². The lowest BCUT2D eigenvalue weighted by Crippen LogP contribution is -2.35. The average molecular weight is 260 g/mol. The van der Waals surface area contributed by atoms with Crippen LogP contribution in [0, 0.1) is 0 Å². The normalized spacial score (nSPS) is 13.4. The van der Waals surface area contributed by atoms with Crippen LogP contribution in [0.5, 0.6) is 0 Å². The second-order valence-electron chi connectivity index (χ2n) is 5.04. The van der Waals surface area contributed by atoms with E-state index in [9.17, 15) is 4.79 Å². The zero-order chi connectivity index (χ0) is 14.3. The molecular weight excluding hydrogens is 236 g/mol. The van der Waals surface area contributed by atoms with Crippen LogP contribution in [0.2, 0.25) is 0 Å². The van der Waals surface area contributed by atoms with E-state index in [1.54, 1.807) is 7.05 Å². The van der Waals surface area contributed by atoms with Gasteiger partial charge < -0.3 is 5.32 Å². The van der Waals surface area contributed by atoms with Crippen molar-refractivity contribution in [3.8, 4) is 0 Å². The summed E-state index contributed by atoms with van der Waals surface area (Å²) in [6.07, 6.45) is 2.72. The molecule has 0 aromatic heterocycles. The summed E-state index contributed by atoms with van der Waals surface area (Å²) in [5.41, 5.74) is 2.50. The Kier molecular flexibility index (Phi) is 6.30. The van der Waals surface area contributed by atoms with E-state index in [1.165, 1.54) is 11.1 Å². The Hall–Kier alpha value is -1.61. The van der Waals surface area contributed by atoms with E-state index in [2.05, 4.69) is 49.3 Å². The standard InChI is InChI=1S/C16H24N2O/c1-13(10-15-8-6-5-7-9-15)12-18(4)14(2)11-16(19)17-3/h5-10,14H,11-12H2,1-4H3,(H,17,19)/b13-10+/t14-/m1/s1. The van der Waals surface area contributed by atoms with Gasteiger partial charge in [0.15, 0.2) is 0 Å². The van der Waals surface area contributed by atoms with Gasteiger partial charge in [0, 0.05) is 26.1 Å². The molecule has 0 saturated heterocycles. The lowest BCUT2D eigenvalue weighted by Gasteiger charge is -2.24. The molecule has 104 valence electrons. The van der Waals surface area contributed by atoms with Gasteiger partial charge in [-0.25, -0.2) is 0 Å². The molecule has 1 amide bonds. The molecule has 0 aliphatic heterocycles. The van der Waals surface area contributed by atoms with Crippen LogP contribution in [-0.2, 0) is 4.79 Å². The van der Waals surface area contributed by atoms with Gasteiger partial charge in [-0.15, -0.1) is 0 Å². The third-order valence-corrected chi connectivity index (χ3v) is 3.22. The minimum absolute atomic E-state index is 0.0871. The van der Waals surface area contributed by atoms with Crippen molar-refractivity contribution in [2.75, 3.05) is 20.6 Å². The summed E-state index contributed by atoms with van der Waals surface area (Å²) in [7, 11) is 3.73. The minimum atomic E-state index is 0.0871. The number of nitrogens with zero attached hydrogens (tertiary/aromatic N) is 1. The number of rotatable bonds is 6. The molecular formula is C16H24N2O. The van der Waals surface area contributed by atoms with Crippen LogP contribution in [0.1, 0.15) is 25.8 Å². The van der Waals surface area contributed by atoms with Crippen molar-refractivity contribution in [1.82, 2.24) is 10.2 Å². The van der Waals surface area contributed by atoms with E-state index in [0.717, 1.165) is 6.54 Å². The van der Waals surface area contributed by atoms with Crippen LogP contribution in [-0.4, -0.2) is 37.5 Å². The second kappa shape index (κ2) is 7.74. The summed E-state index contributed by atoms with van der Waals surface area (Å²) in [4.78, 5) is 13.5. The largest absolute Gasteiger partial charge is 0.359 e. The van der Waals surface area contributed by atoms with Crippen LogP contribution < -0.4 is 5.32 Å². The molecule has 0 saturated carbocycles. The van der Waals surface area contributed by atoms with E-state index in [0.29, 0.717) is 6.42 Å². The highest BCUT2D eigenvalue weighted by atomic mass is 16.1. The number of nitrogens with one attached hydrogen (secondary N) is 1. The molecule has 1 atom stereocenters. The van der Waals surface area contributed by atoms with E-state index in [4.69, 9.17) is 0 Å². The average Bonchev–Trinajstić information content (AvgIpc) is 2.39. The van der Waals surface area contributed by atoms with Crippen molar-refractivity contribution in [3.05, 3.63) is 41.5 Å². The molecule has 0 unspecified atom stereocenters. The number of hydrogen-bond donors (Lipinski definition) is 1. The lowest BCUT2D eigenvalue weighted by molar-refractivity contribution is -0.121. The molecule has 3 heteroatoms. The van der Waals surface area contributed by atoms with Gasteiger partial charge in [0.05, 0.1) is 0 Å². The maximum Gasteiger partial charge on any atom is 0.221 e. The van der Waals surface area contributed by atoms with Gasteiger partial charge >= 0.3 is 0 Å². The van der Waals surface area contributed by atoms with E-state index >= 15 is 0 Å². The highest BCUT2D eigenvalue weighted by Gasteiger charge is 2.12. The van der Waals surface area contributed by atoms with Crippen molar-refractivity contribution in [2.24, 2.45) is 0 Å². The number of likely N-dealkylation sites (N-methyl/N-ethyl adjacent to an activating group) is 1. The summed E-state index contributed by atoms with van der Waals surface area (Å²) in [6, 6.07) is 10.5. The zero-order valence-electron chi connectivity index (χ0n) is 12.3. The fourth-order valence-corrected chi connectivity index (χ4v) is 1.95. The van der Waals surface area contributed by atoms with Gasteiger partial charge in [0.2, 0.25) is 5.91 Å². The van der Waals surface area contributed by atoms with Gasteiger partial charge in [-0.1, -0.05) is 42.0 Å². The van der Waals surface area contributed by atoms with E-state index in [1.807, 2.05) is 18.2 Å². The number of amides is 1. The molecule has 1 aromatic rings. The summed E-state index contributed by atoms with van der Waals surface area (Å²) in [6.45, 7) is 5.06. The van der Waals surface area contributed by atoms with Crippen LogP contribution in [0.25, 0.3) is 6.08 Å². The molecule has 0 aliphatic carbocycles. The highest BCUT2D eigenvalue weighted by molar-refractivity contribution is 5.76. The molecule has 0 heterocycles. The monoisotopic (exact) mass is 260 g/mol. The molecule has 19 heavy (non-hydrogen) atoms. The summed E-state index contributed by atoms with van der Waals surface area (Å²) in [5.74, 6) is 0.0871. The predicted octanol–water partition coefficient (Wildman–Crippen LogP) is 2.55. The first-order chi connectivity index (χ1) is 9.02. The number of hydrogen-bond acceptors (Lipinski definition) is 2. The predicted molar refractivity (Wildman–Crippen MR) is 80.9 cm³/mol. The van der Waals surface area contributed by atoms with Gasteiger partial charge in [-0.2, -0.15) is 0 Å². The van der Waals surface area contributed by atoms with E-state index in [-0.39, 0.29) is 11.9 Å². The summed E-state index contributed by atoms with van der Waals surface area (Å²) < 4.78 is 0. The fourth-order valence-electron chi connectivity index (χ4n) is 1.95. The Bertz CT molecular complexity index is 426. The Morgan fingerprint density at radius 3 is 2.58 bits per heavy atom. The topological polar surface area (TPSA) is 32.3 Å². The smallest absolute Gasteiger partial charge is 0.221 e. The van der Waals surface area contributed by atoms with Crippen LogP contribution in [0.15, 0.2) is 35.9 Å². The minimum Gasteiger partial charge on any atom is -0.359 e. The Morgan fingerprint density at radius 1 is 1.37 bits per heavy atom. The first-order valence-corrected chi connectivity index (χ1v) is 6.66. The molecule has 0 spiro atoms. The molecule has 1 N–H and O–H groups in total. The van der Waals surface area contributed by atoms with Gasteiger partial charge in [-0.05, 0) is 26.5 Å². The molecule has 1 rings (SSSR count). The summed E-state index contributed by atoms with van der Waals surface area (Å²) in [5, 5.41) is 2.66. The third kappa shape index (κ3) is 5.71. The number of benzene rings is 1. The van der Waals surface area contributed by atoms with Crippen LogP contribution in [0.3, 0.4) is 0 Å².